The lowest BCUT2D eigenvalue weighted by Gasteiger charge is -2.22. The van der Waals surface area contributed by atoms with Crippen LogP contribution in [0.4, 0.5) is 0 Å². The van der Waals surface area contributed by atoms with Crippen molar-refractivity contribution in [2.75, 3.05) is 19.6 Å². The lowest BCUT2D eigenvalue weighted by atomic mass is 10.1. The lowest BCUT2D eigenvalue weighted by Crippen LogP contribution is -2.28. The van der Waals surface area contributed by atoms with Crippen molar-refractivity contribution in [1.29, 1.82) is 0 Å². The highest BCUT2D eigenvalue weighted by Gasteiger charge is 2.15. The summed E-state index contributed by atoms with van der Waals surface area (Å²) >= 11 is 0. The summed E-state index contributed by atoms with van der Waals surface area (Å²) in [4.78, 5) is 31.8. The molecule has 0 aliphatic rings. The minimum absolute atomic E-state index is 0.00968. The third-order valence-corrected chi connectivity index (χ3v) is 9.78. The average Bonchev–Trinajstić information content (AvgIpc) is 3.62. The molecule has 286 valence electrons. The first-order valence-corrected chi connectivity index (χ1v) is 21.1. The SMILES string of the molecule is CCCCCC(CCCC)OC(=O)CCCCCCCN(CCCCCCCC(=O)OC(CCCC)CCCCC)CCCn1ccnc1. The number of aromatic nitrogens is 2. The van der Waals surface area contributed by atoms with E-state index in [1.807, 2.05) is 18.7 Å². The van der Waals surface area contributed by atoms with Crippen LogP contribution in [-0.4, -0.2) is 58.2 Å². The molecule has 49 heavy (non-hydrogen) atoms. The van der Waals surface area contributed by atoms with Gasteiger partial charge in [-0.1, -0.05) is 118 Å². The maximum atomic E-state index is 12.5. The molecule has 0 saturated heterocycles. The van der Waals surface area contributed by atoms with E-state index in [9.17, 15) is 9.59 Å². The van der Waals surface area contributed by atoms with Gasteiger partial charge in [0.25, 0.3) is 0 Å². The average molecular weight is 690 g/mol. The van der Waals surface area contributed by atoms with Gasteiger partial charge in [0.15, 0.2) is 0 Å². The molecule has 7 heteroatoms. The molecule has 2 atom stereocenters. The summed E-state index contributed by atoms with van der Waals surface area (Å²) in [5.74, 6) is 0.0194. The zero-order valence-electron chi connectivity index (χ0n) is 32.8. The molecule has 1 aromatic rings. The van der Waals surface area contributed by atoms with Crippen molar-refractivity contribution in [2.24, 2.45) is 0 Å². The molecule has 7 nitrogen and oxygen atoms in total. The first kappa shape index (κ1) is 45.1. The topological polar surface area (TPSA) is 73.7 Å². The Morgan fingerprint density at radius 1 is 0.551 bits per heavy atom. The molecule has 0 aliphatic carbocycles. The van der Waals surface area contributed by atoms with E-state index in [4.69, 9.17) is 9.47 Å². The number of carbonyl (C=O) groups excluding carboxylic acids is 2. The quantitative estimate of drug-likeness (QED) is 0.0516. The highest BCUT2D eigenvalue weighted by atomic mass is 16.5. The summed E-state index contributed by atoms with van der Waals surface area (Å²) in [5.41, 5.74) is 0. The van der Waals surface area contributed by atoms with E-state index in [1.165, 1.54) is 64.2 Å². The molecule has 0 spiro atoms. The summed E-state index contributed by atoms with van der Waals surface area (Å²) in [6, 6.07) is 0. The number of unbranched alkanes of at least 4 members (excludes halogenated alkanes) is 14. The van der Waals surface area contributed by atoms with Crippen molar-refractivity contribution in [2.45, 2.75) is 220 Å². The van der Waals surface area contributed by atoms with E-state index in [1.54, 1.807) is 0 Å². The minimum atomic E-state index is 0.00968. The predicted octanol–water partition coefficient (Wildman–Crippen LogP) is 11.6. The number of nitrogens with zero attached hydrogens (tertiary/aromatic N) is 3. The van der Waals surface area contributed by atoms with E-state index in [-0.39, 0.29) is 24.1 Å². The number of rotatable bonds is 36. The Morgan fingerprint density at radius 3 is 1.43 bits per heavy atom. The highest BCUT2D eigenvalue weighted by molar-refractivity contribution is 5.69. The van der Waals surface area contributed by atoms with E-state index >= 15 is 0 Å². The number of hydrogen-bond acceptors (Lipinski definition) is 6. The second-order valence-corrected chi connectivity index (χ2v) is 14.5. The minimum Gasteiger partial charge on any atom is -0.462 e. The Bertz CT molecular complexity index is 812. The molecule has 2 unspecified atom stereocenters. The first-order chi connectivity index (χ1) is 24.0. The maximum Gasteiger partial charge on any atom is 0.306 e. The summed E-state index contributed by atoms with van der Waals surface area (Å²) in [7, 11) is 0. The van der Waals surface area contributed by atoms with Gasteiger partial charge in [-0.2, -0.15) is 0 Å². The van der Waals surface area contributed by atoms with Gasteiger partial charge in [0.1, 0.15) is 12.2 Å². The molecule has 0 radical (unpaired) electrons. The molecule has 1 heterocycles. The van der Waals surface area contributed by atoms with E-state index in [0.717, 1.165) is 122 Å². The zero-order valence-corrected chi connectivity index (χ0v) is 32.8. The standard InChI is InChI=1S/C42H79N3O4/c1-5-9-19-28-39(26-11-7-3)48-41(46)30-21-15-13-17-23-33-44(35-25-36-45-37-32-43-38-45)34-24-18-14-16-22-31-42(47)49-40(27-12-8-4)29-20-10-6-2/h32,37-40H,5-31,33-36H2,1-4H3. The molecular formula is C42H79N3O4. The van der Waals surface area contributed by atoms with Crippen LogP contribution >= 0.6 is 0 Å². The molecule has 0 aliphatic heterocycles. The van der Waals surface area contributed by atoms with Crippen LogP contribution in [0.1, 0.15) is 201 Å². The fraction of sp³-hybridized carbons (Fsp3) is 0.881. The molecular weight excluding hydrogens is 610 g/mol. The maximum absolute atomic E-state index is 12.5. The number of imidazole rings is 1. The van der Waals surface area contributed by atoms with Gasteiger partial charge < -0.3 is 18.9 Å². The largest absolute Gasteiger partial charge is 0.462 e. The monoisotopic (exact) mass is 690 g/mol. The van der Waals surface area contributed by atoms with Crippen molar-refractivity contribution in [3.8, 4) is 0 Å². The van der Waals surface area contributed by atoms with Gasteiger partial charge in [0.2, 0.25) is 0 Å². The smallest absolute Gasteiger partial charge is 0.306 e. The van der Waals surface area contributed by atoms with Crippen LogP contribution in [0.15, 0.2) is 18.7 Å². The molecule has 1 rings (SSSR count). The van der Waals surface area contributed by atoms with Gasteiger partial charge in [-0.3, -0.25) is 9.59 Å². The van der Waals surface area contributed by atoms with Crippen LogP contribution in [-0.2, 0) is 25.6 Å². The van der Waals surface area contributed by atoms with Crippen LogP contribution in [0, 0.1) is 0 Å². The molecule has 0 amide bonds. The van der Waals surface area contributed by atoms with Crippen molar-refractivity contribution in [3.05, 3.63) is 18.7 Å². The number of carbonyl (C=O) groups is 2. The van der Waals surface area contributed by atoms with Crippen molar-refractivity contribution < 1.29 is 19.1 Å². The van der Waals surface area contributed by atoms with Crippen LogP contribution < -0.4 is 0 Å². The molecule has 0 bridgehead atoms. The molecule has 0 fully saturated rings. The summed E-state index contributed by atoms with van der Waals surface area (Å²) in [6.07, 6.45) is 35.5. The van der Waals surface area contributed by atoms with Crippen LogP contribution in [0.25, 0.3) is 0 Å². The fourth-order valence-electron chi connectivity index (χ4n) is 6.62. The normalized spacial score (nSPS) is 12.8. The molecule has 1 aromatic heterocycles. The number of ether oxygens (including phenoxy) is 2. The predicted molar refractivity (Wildman–Crippen MR) is 206 cm³/mol. The Balaban J connectivity index is 2.27. The fourth-order valence-corrected chi connectivity index (χ4v) is 6.62. The molecule has 0 saturated carbocycles. The summed E-state index contributed by atoms with van der Waals surface area (Å²) < 4.78 is 13.9. The lowest BCUT2D eigenvalue weighted by molar-refractivity contribution is -0.151. The van der Waals surface area contributed by atoms with Gasteiger partial charge in [-0.25, -0.2) is 4.98 Å². The first-order valence-electron chi connectivity index (χ1n) is 21.1. The van der Waals surface area contributed by atoms with Crippen LogP contribution in [0.2, 0.25) is 0 Å². The van der Waals surface area contributed by atoms with Crippen LogP contribution in [0.3, 0.4) is 0 Å². The summed E-state index contributed by atoms with van der Waals surface area (Å²) in [6.45, 7) is 13.3. The van der Waals surface area contributed by atoms with Gasteiger partial charge >= 0.3 is 11.9 Å². The third kappa shape index (κ3) is 27.5. The van der Waals surface area contributed by atoms with Gasteiger partial charge in [0, 0.05) is 31.8 Å². The van der Waals surface area contributed by atoms with Gasteiger partial charge in [0.05, 0.1) is 6.33 Å². The van der Waals surface area contributed by atoms with E-state index < -0.39 is 0 Å². The number of hydrogen-bond donors (Lipinski definition) is 0. The Hall–Kier alpha value is -1.89. The Morgan fingerprint density at radius 2 is 0.980 bits per heavy atom. The Labute approximate surface area is 303 Å². The highest BCUT2D eigenvalue weighted by Crippen LogP contribution is 2.17. The van der Waals surface area contributed by atoms with Gasteiger partial charge in [-0.05, 0) is 90.3 Å². The number of aryl methyl sites for hydroxylation is 1. The molecule has 0 N–H and O–H groups in total. The zero-order chi connectivity index (χ0) is 35.6. The Kier molecular flexibility index (Phi) is 30.6. The van der Waals surface area contributed by atoms with Crippen LogP contribution in [0.5, 0.6) is 0 Å². The number of esters is 2. The van der Waals surface area contributed by atoms with Crippen molar-refractivity contribution >= 4 is 11.9 Å². The van der Waals surface area contributed by atoms with Crippen molar-refractivity contribution in [1.82, 2.24) is 14.5 Å². The van der Waals surface area contributed by atoms with E-state index in [0.29, 0.717) is 12.8 Å². The second kappa shape index (κ2) is 33.3. The van der Waals surface area contributed by atoms with Gasteiger partial charge in [-0.15, -0.1) is 0 Å². The molecule has 0 aromatic carbocycles. The van der Waals surface area contributed by atoms with Crippen molar-refractivity contribution in [3.63, 3.8) is 0 Å². The summed E-state index contributed by atoms with van der Waals surface area (Å²) in [5, 5.41) is 0. The second-order valence-electron chi connectivity index (χ2n) is 14.5. The third-order valence-electron chi connectivity index (χ3n) is 9.78. The van der Waals surface area contributed by atoms with E-state index in [2.05, 4.69) is 42.1 Å².